The van der Waals surface area contributed by atoms with Gasteiger partial charge in [-0.3, -0.25) is 18.6 Å². The van der Waals surface area contributed by atoms with Crippen molar-refractivity contribution in [2.45, 2.75) is 200 Å². The predicted molar refractivity (Wildman–Crippen MR) is 203 cm³/mol. The summed E-state index contributed by atoms with van der Waals surface area (Å²) in [6, 6.07) is 0. The summed E-state index contributed by atoms with van der Waals surface area (Å²) in [6.07, 6.45) is 38.0. The van der Waals surface area contributed by atoms with Gasteiger partial charge < -0.3 is 14.4 Å². The Bertz CT molecular complexity index is 859. The van der Waals surface area contributed by atoms with E-state index >= 15 is 0 Å². The number of esters is 2. The Hall–Kier alpha value is -1.47. The van der Waals surface area contributed by atoms with E-state index in [1.54, 1.807) is 6.92 Å². The van der Waals surface area contributed by atoms with E-state index in [2.05, 4.69) is 38.2 Å². The summed E-state index contributed by atoms with van der Waals surface area (Å²) in [5.41, 5.74) is 0. The van der Waals surface area contributed by atoms with Gasteiger partial charge in [0.2, 0.25) is 0 Å². The van der Waals surface area contributed by atoms with Gasteiger partial charge in [0.15, 0.2) is 6.10 Å². The van der Waals surface area contributed by atoms with Gasteiger partial charge in [0.1, 0.15) is 6.61 Å². The molecule has 0 rings (SSSR count). The van der Waals surface area contributed by atoms with Crippen molar-refractivity contribution < 1.29 is 37.6 Å². The first-order valence-electron chi connectivity index (χ1n) is 20.1. The first-order valence-corrected chi connectivity index (χ1v) is 21.6. The number of unbranched alkanes of at least 4 members (excludes halogenated alkanes) is 21. The first-order chi connectivity index (χ1) is 23.8. The minimum atomic E-state index is -4.28. The fraction of sp³-hybridized carbons (Fsp3) is 0.850. The summed E-state index contributed by atoms with van der Waals surface area (Å²) < 4.78 is 32.5. The Morgan fingerprint density at radius 2 is 0.918 bits per heavy atom. The van der Waals surface area contributed by atoms with E-state index in [4.69, 9.17) is 18.5 Å². The number of allylic oxidation sites excluding steroid dienone is 4. The number of hydrogen-bond donors (Lipinski definition) is 1. The number of rotatable bonds is 37. The van der Waals surface area contributed by atoms with Crippen LogP contribution in [0.3, 0.4) is 0 Å². The Morgan fingerprint density at radius 1 is 0.531 bits per heavy atom. The van der Waals surface area contributed by atoms with Crippen LogP contribution in [-0.4, -0.2) is 42.8 Å². The Labute approximate surface area is 301 Å². The highest BCUT2D eigenvalue weighted by molar-refractivity contribution is 7.47. The quantitative estimate of drug-likeness (QED) is 0.0293. The lowest BCUT2D eigenvalue weighted by Gasteiger charge is -2.19. The number of phosphoric ester groups is 1. The standard InChI is InChI=1S/C40H75O8P/c1-4-7-9-11-13-15-17-19-20-21-22-23-25-27-29-31-33-35-40(42)48-38(37-47-49(43,44)46-6-3)36-45-39(41)34-32-30-28-26-24-18-16-14-12-10-8-5-2/h14,16,19-20,38H,4-13,15,17-18,21-37H2,1-3H3,(H,43,44)/b16-14-,20-19-. The summed E-state index contributed by atoms with van der Waals surface area (Å²) >= 11 is 0. The summed E-state index contributed by atoms with van der Waals surface area (Å²) in [4.78, 5) is 34.6. The molecule has 0 amide bonds. The van der Waals surface area contributed by atoms with E-state index in [1.807, 2.05) is 0 Å². The highest BCUT2D eigenvalue weighted by Gasteiger charge is 2.25. The van der Waals surface area contributed by atoms with Gasteiger partial charge in [-0.2, -0.15) is 0 Å². The molecule has 0 saturated carbocycles. The van der Waals surface area contributed by atoms with Crippen LogP contribution in [0.25, 0.3) is 0 Å². The van der Waals surface area contributed by atoms with Gasteiger partial charge >= 0.3 is 19.8 Å². The third-order valence-corrected chi connectivity index (χ3v) is 9.54. The molecule has 9 heteroatoms. The molecule has 0 fully saturated rings. The fourth-order valence-corrected chi connectivity index (χ4v) is 6.26. The Morgan fingerprint density at radius 3 is 1.39 bits per heavy atom. The highest BCUT2D eigenvalue weighted by Crippen LogP contribution is 2.43. The Balaban J connectivity index is 4.12. The highest BCUT2D eigenvalue weighted by atomic mass is 31.2. The van der Waals surface area contributed by atoms with E-state index in [-0.39, 0.29) is 32.0 Å². The summed E-state index contributed by atoms with van der Waals surface area (Å²) in [6.45, 7) is 5.43. The second kappa shape index (κ2) is 36.3. The number of hydrogen-bond acceptors (Lipinski definition) is 7. The van der Waals surface area contributed by atoms with Crippen LogP contribution in [0.4, 0.5) is 0 Å². The van der Waals surface area contributed by atoms with Gasteiger partial charge in [-0.1, -0.05) is 134 Å². The Kier molecular flexibility index (Phi) is 35.2. The number of ether oxygens (including phenoxy) is 2. The molecular weight excluding hydrogens is 639 g/mol. The predicted octanol–water partition coefficient (Wildman–Crippen LogP) is 12.3. The van der Waals surface area contributed by atoms with Crippen molar-refractivity contribution in [1.29, 1.82) is 0 Å². The van der Waals surface area contributed by atoms with E-state index in [9.17, 15) is 19.0 Å². The molecule has 49 heavy (non-hydrogen) atoms. The SMILES string of the molecule is CCCCC/C=C\CCCCCCCC(=O)OCC(COP(=O)(O)OCC)OC(=O)CCCCCCCCC/C=C\CCCCCCCC. The maximum Gasteiger partial charge on any atom is 0.472 e. The number of phosphoric acid groups is 1. The third-order valence-electron chi connectivity index (χ3n) is 8.48. The monoisotopic (exact) mass is 715 g/mol. The molecule has 0 aliphatic rings. The minimum absolute atomic E-state index is 0.000672. The molecule has 0 spiro atoms. The van der Waals surface area contributed by atoms with Crippen molar-refractivity contribution in [1.82, 2.24) is 0 Å². The maximum absolute atomic E-state index is 12.5. The molecule has 0 aromatic heterocycles. The topological polar surface area (TPSA) is 108 Å². The normalized spacial score (nSPS) is 13.6. The average molecular weight is 715 g/mol. The zero-order valence-electron chi connectivity index (χ0n) is 31.9. The zero-order valence-corrected chi connectivity index (χ0v) is 32.7. The van der Waals surface area contributed by atoms with Crippen molar-refractivity contribution in [3.63, 3.8) is 0 Å². The largest absolute Gasteiger partial charge is 0.472 e. The van der Waals surface area contributed by atoms with Crippen LogP contribution in [0.1, 0.15) is 194 Å². The molecule has 2 unspecified atom stereocenters. The second-order valence-electron chi connectivity index (χ2n) is 13.3. The van der Waals surface area contributed by atoms with Crippen molar-refractivity contribution in [3.8, 4) is 0 Å². The van der Waals surface area contributed by atoms with Gasteiger partial charge in [0.05, 0.1) is 13.2 Å². The number of carbonyl (C=O) groups excluding carboxylic acids is 2. The lowest BCUT2D eigenvalue weighted by atomic mass is 10.1. The van der Waals surface area contributed by atoms with Crippen LogP contribution < -0.4 is 0 Å². The van der Waals surface area contributed by atoms with Gasteiger partial charge in [-0.05, 0) is 71.1 Å². The molecule has 0 heterocycles. The first kappa shape index (κ1) is 47.5. The van der Waals surface area contributed by atoms with Gasteiger partial charge in [0.25, 0.3) is 0 Å². The molecule has 0 aliphatic heterocycles. The van der Waals surface area contributed by atoms with Crippen molar-refractivity contribution in [2.75, 3.05) is 19.8 Å². The van der Waals surface area contributed by atoms with E-state index in [0.717, 1.165) is 64.2 Å². The molecule has 0 radical (unpaired) electrons. The molecule has 0 saturated heterocycles. The molecule has 0 bridgehead atoms. The van der Waals surface area contributed by atoms with Crippen molar-refractivity contribution in [2.24, 2.45) is 0 Å². The third kappa shape index (κ3) is 36.1. The average Bonchev–Trinajstić information content (AvgIpc) is 3.07. The molecule has 288 valence electrons. The maximum atomic E-state index is 12.5. The summed E-state index contributed by atoms with van der Waals surface area (Å²) in [5.74, 6) is -0.811. The van der Waals surface area contributed by atoms with Crippen molar-refractivity contribution in [3.05, 3.63) is 24.3 Å². The molecule has 8 nitrogen and oxygen atoms in total. The smallest absolute Gasteiger partial charge is 0.462 e. The lowest BCUT2D eigenvalue weighted by Crippen LogP contribution is -2.29. The van der Waals surface area contributed by atoms with Gasteiger partial charge in [-0.25, -0.2) is 4.57 Å². The van der Waals surface area contributed by atoms with Crippen LogP contribution in [-0.2, 0) is 32.7 Å². The summed E-state index contributed by atoms with van der Waals surface area (Å²) in [7, 11) is -4.28. The number of carbonyl (C=O) groups is 2. The van der Waals surface area contributed by atoms with Crippen LogP contribution in [0, 0.1) is 0 Å². The van der Waals surface area contributed by atoms with E-state index in [0.29, 0.717) is 6.42 Å². The fourth-order valence-electron chi connectivity index (χ4n) is 5.50. The van der Waals surface area contributed by atoms with Crippen molar-refractivity contribution >= 4 is 19.8 Å². The lowest BCUT2D eigenvalue weighted by molar-refractivity contribution is -0.161. The molecule has 2 atom stereocenters. The van der Waals surface area contributed by atoms with Crippen LogP contribution in [0.5, 0.6) is 0 Å². The van der Waals surface area contributed by atoms with E-state index in [1.165, 1.54) is 89.9 Å². The molecular formula is C40H75O8P. The molecule has 0 aromatic rings. The molecule has 0 aromatic carbocycles. The van der Waals surface area contributed by atoms with E-state index < -0.39 is 26.5 Å². The molecule has 0 aliphatic carbocycles. The minimum Gasteiger partial charge on any atom is -0.462 e. The second-order valence-corrected chi connectivity index (χ2v) is 14.7. The van der Waals surface area contributed by atoms with Gasteiger partial charge in [0, 0.05) is 12.8 Å². The van der Waals surface area contributed by atoms with Crippen LogP contribution in [0.2, 0.25) is 0 Å². The van der Waals surface area contributed by atoms with Crippen LogP contribution in [0.15, 0.2) is 24.3 Å². The van der Waals surface area contributed by atoms with Crippen LogP contribution >= 0.6 is 7.82 Å². The molecule has 1 N–H and O–H groups in total. The summed E-state index contributed by atoms with van der Waals surface area (Å²) in [5, 5.41) is 0. The van der Waals surface area contributed by atoms with Gasteiger partial charge in [-0.15, -0.1) is 0 Å². The zero-order chi connectivity index (χ0) is 36.1.